The molecule has 3 N–H and O–H groups in total. The first kappa shape index (κ1) is 20.0. The summed E-state index contributed by atoms with van der Waals surface area (Å²) in [6, 6.07) is 0. The molecule has 26 heavy (non-hydrogen) atoms. The number of rotatable bonds is 10. The van der Waals surface area contributed by atoms with E-state index in [2.05, 4.69) is 0 Å². The average Bonchev–Trinajstić information content (AvgIpc) is 3.26. The molecule has 2 bridgehead atoms. The Morgan fingerprint density at radius 2 is 1.88 bits per heavy atom. The SMILES string of the molecule is O=C1C[C@@H](O)[C@H](/C=C/CC2(O)CC3CCC2C3)[C@H]1CCCCCCCO. The molecule has 0 aromatic rings. The maximum atomic E-state index is 12.3. The van der Waals surface area contributed by atoms with Crippen LogP contribution in [0.1, 0.15) is 77.0 Å². The first-order valence-corrected chi connectivity index (χ1v) is 10.7. The number of hydrogen-bond donors (Lipinski definition) is 3. The van der Waals surface area contributed by atoms with Gasteiger partial charge in [-0.15, -0.1) is 0 Å². The molecule has 0 aliphatic heterocycles. The second-order valence-electron chi connectivity index (χ2n) is 9.02. The van der Waals surface area contributed by atoms with Crippen LogP contribution in [-0.4, -0.2) is 39.4 Å². The fraction of sp³-hybridized carbons (Fsp3) is 0.864. The van der Waals surface area contributed by atoms with E-state index in [1.165, 1.54) is 12.8 Å². The fourth-order valence-corrected chi connectivity index (χ4v) is 5.69. The zero-order chi connectivity index (χ0) is 18.6. The molecule has 148 valence electrons. The Labute approximate surface area is 157 Å². The highest BCUT2D eigenvalue weighted by atomic mass is 16.3. The van der Waals surface area contributed by atoms with Crippen molar-refractivity contribution in [2.24, 2.45) is 23.7 Å². The Morgan fingerprint density at radius 3 is 2.58 bits per heavy atom. The van der Waals surface area contributed by atoms with Crippen molar-refractivity contribution in [1.82, 2.24) is 0 Å². The lowest BCUT2D eigenvalue weighted by Gasteiger charge is -2.31. The predicted molar refractivity (Wildman–Crippen MR) is 102 cm³/mol. The molecule has 6 atom stereocenters. The first-order chi connectivity index (χ1) is 12.5. The highest BCUT2D eigenvalue weighted by Gasteiger charge is 2.49. The Bertz CT molecular complexity index is 502. The van der Waals surface area contributed by atoms with Crippen molar-refractivity contribution in [3.63, 3.8) is 0 Å². The number of carbonyl (C=O) groups is 1. The largest absolute Gasteiger partial charge is 0.396 e. The van der Waals surface area contributed by atoms with Crippen molar-refractivity contribution in [2.45, 2.75) is 88.8 Å². The molecule has 3 rings (SSSR count). The molecule has 3 unspecified atom stereocenters. The summed E-state index contributed by atoms with van der Waals surface area (Å²) < 4.78 is 0. The summed E-state index contributed by atoms with van der Waals surface area (Å²) in [4.78, 5) is 12.3. The summed E-state index contributed by atoms with van der Waals surface area (Å²) in [5.74, 6) is 1.20. The van der Waals surface area contributed by atoms with Gasteiger partial charge in [0.2, 0.25) is 0 Å². The van der Waals surface area contributed by atoms with Crippen molar-refractivity contribution < 1.29 is 20.1 Å². The number of ketones is 1. The number of carbonyl (C=O) groups excluding carboxylic acids is 1. The van der Waals surface area contributed by atoms with E-state index in [0.717, 1.165) is 51.4 Å². The molecular formula is C22H36O4. The van der Waals surface area contributed by atoms with Gasteiger partial charge in [-0.1, -0.05) is 37.8 Å². The normalized spacial score (nSPS) is 39.5. The molecule has 3 aliphatic rings. The molecule has 0 radical (unpaired) electrons. The molecule has 0 aromatic carbocycles. The third kappa shape index (κ3) is 4.58. The number of aliphatic hydroxyl groups excluding tert-OH is 2. The summed E-state index contributed by atoms with van der Waals surface area (Å²) in [5, 5.41) is 30.0. The lowest BCUT2D eigenvalue weighted by atomic mass is 9.81. The molecule has 0 saturated heterocycles. The summed E-state index contributed by atoms with van der Waals surface area (Å²) in [5.41, 5.74) is -0.546. The Kier molecular flexibility index (Phi) is 6.92. The van der Waals surface area contributed by atoms with Gasteiger partial charge in [-0.2, -0.15) is 0 Å². The zero-order valence-corrected chi connectivity index (χ0v) is 16.0. The van der Waals surface area contributed by atoms with Crippen LogP contribution in [0.4, 0.5) is 0 Å². The molecule has 0 spiro atoms. The van der Waals surface area contributed by atoms with Gasteiger partial charge in [0, 0.05) is 24.9 Å². The van der Waals surface area contributed by atoms with Crippen LogP contribution in [0.15, 0.2) is 12.2 Å². The van der Waals surface area contributed by atoms with E-state index in [1.807, 2.05) is 12.2 Å². The average molecular weight is 365 g/mol. The number of fused-ring (bicyclic) bond motifs is 2. The number of unbranched alkanes of at least 4 members (excludes halogenated alkanes) is 4. The minimum Gasteiger partial charge on any atom is -0.396 e. The van der Waals surface area contributed by atoms with Gasteiger partial charge in [0.1, 0.15) is 5.78 Å². The third-order valence-electron chi connectivity index (χ3n) is 7.18. The van der Waals surface area contributed by atoms with E-state index in [0.29, 0.717) is 18.3 Å². The summed E-state index contributed by atoms with van der Waals surface area (Å²) in [6.45, 7) is 0.258. The van der Waals surface area contributed by atoms with Gasteiger partial charge in [-0.25, -0.2) is 0 Å². The quantitative estimate of drug-likeness (QED) is 0.410. The van der Waals surface area contributed by atoms with Crippen LogP contribution < -0.4 is 0 Å². The van der Waals surface area contributed by atoms with Crippen LogP contribution in [0.5, 0.6) is 0 Å². The van der Waals surface area contributed by atoms with E-state index < -0.39 is 11.7 Å². The van der Waals surface area contributed by atoms with Crippen LogP contribution in [0.3, 0.4) is 0 Å². The van der Waals surface area contributed by atoms with Crippen molar-refractivity contribution in [2.75, 3.05) is 6.61 Å². The van der Waals surface area contributed by atoms with Crippen LogP contribution in [0.25, 0.3) is 0 Å². The smallest absolute Gasteiger partial charge is 0.139 e. The molecule has 0 heterocycles. The monoisotopic (exact) mass is 364 g/mol. The Balaban J connectivity index is 1.47. The van der Waals surface area contributed by atoms with Gasteiger partial charge in [0.25, 0.3) is 0 Å². The lowest BCUT2D eigenvalue weighted by Crippen LogP contribution is -2.34. The minimum absolute atomic E-state index is 0.0613. The van der Waals surface area contributed by atoms with E-state index in [9.17, 15) is 15.0 Å². The van der Waals surface area contributed by atoms with Crippen LogP contribution >= 0.6 is 0 Å². The molecule has 0 aromatic heterocycles. The second kappa shape index (κ2) is 8.99. The molecule has 4 nitrogen and oxygen atoms in total. The highest BCUT2D eigenvalue weighted by molar-refractivity contribution is 5.84. The Hall–Kier alpha value is -0.710. The molecule has 3 fully saturated rings. The zero-order valence-electron chi connectivity index (χ0n) is 16.0. The minimum atomic E-state index is -0.562. The van der Waals surface area contributed by atoms with Crippen molar-refractivity contribution in [3.8, 4) is 0 Å². The molecule has 3 aliphatic carbocycles. The summed E-state index contributed by atoms with van der Waals surface area (Å²) >= 11 is 0. The van der Waals surface area contributed by atoms with Crippen LogP contribution in [0, 0.1) is 23.7 Å². The molecule has 0 amide bonds. The van der Waals surface area contributed by atoms with Crippen LogP contribution in [0.2, 0.25) is 0 Å². The lowest BCUT2D eigenvalue weighted by molar-refractivity contribution is -0.121. The van der Waals surface area contributed by atoms with Crippen LogP contribution in [-0.2, 0) is 4.79 Å². The fourth-order valence-electron chi connectivity index (χ4n) is 5.69. The van der Waals surface area contributed by atoms with Gasteiger partial charge in [-0.3, -0.25) is 4.79 Å². The molecule has 3 saturated carbocycles. The second-order valence-corrected chi connectivity index (χ2v) is 9.02. The number of aliphatic hydroxyl groups is 3. The maximum absolute atomic E-state index is 12.3. The number of hydrogen-bond acceptors (Lipinski definition) is 4. The standard InChI is InChI=1S/C22H36O4/c23-12-5-3-1-2-4-7-18-19(21(25)14-20(18)24)8-6-11-22(26)15-16-9-10-17(22)13-16/h6,8,16-19,21,23,25-26H,1-5,7,9-15H2/b8-6+/t16?,17?,18-,19-,21-,22?/m1/s1. The third-order valence-corrected chi connectivity index (χ3v) is 7.18. The summed E-state index contributed by atoms with van der Waals surface area (Å²) in [7, 11) is 0. The van der Waals surface area contributed by atoms with Crippen molar-refractivity contribution >= 4 is 5.78 Å². The van der Waals surface area contributed by atoms with Crippen molar-refractivity contribution in [3.05, 3.63) is 12.2 Å². The summed E-state index contributed by atoms with van der Waals surface area (Å²) in [6.07, 6.45) is 14.9. The predicted octanol–water partition coefficient (Wildman–Crippen LogP) is 3.38. The molecule has 4 heteroatoms. The first-order valence-electron chi connectivity index (χ1n) is 10.7. The van der Waals surface area contributed by atoms with E-state index in [-0.39, 0.29) is 30.6 Å². The maximum Gasteiger partial charge on any atom is 0.139 e. The molecular weight excluding hydrogens is 328 g/mol. The van der Waals surface area contributed by atoms with Gasteiger partial charge in [0.05, 0.1) is 11.7 Å². The van der Waals surface area contributed by atoms with Crippen molar-refractivity contribution in [1.29, 1.82) is 0 Å². The van der Waals surface area contributed by atoms with Gasteiger partial charge < -0.3 is 15.3 Å². The van der Waals surface area contributed by atoms with Gasteiger partial charge in [-0.05, 0) is 56.8 Å². The van der Waals surface area contributed by atoms with Gasteiger partial charge >= 0.3 is 0 Å². The van der Waals surface area contributed by atoms with E-state index in [4.69, 9.17) is 5.11 Å². The topological polar surface area (TPSA) is 77.8 Å². The van der Waals surface area contributed by atoms with E-state index in [1.54, 1.807) is 0 Å². The number of Topliss-reactive ketones (excluding diaryl/α,β-unsaturated/α-hetero) is 1. The highest BCUT2D eigenvalue weighted by Crippen LogP contribution is 2.52. The van der Waals surface area contributed by atoms with E-state index >= 15 is 0 Å². The Morgan fingerprint density at radius 1 is 1.12 bits per heavy atom. The van der Waals surface area contributed by atoms with Gasteiger partial charge in [0.15, 0.2) is 0 Å².